The topological polar surface area (TPSA) is 29.3 Å². The third kappa shape index (κ3) is 3.30. The zero-order valence-corrected chi connectivity index (χ0v) is 13.8. The second-order valence-corrected chi connectivity index (χ2v) is 6.53. The van der Waals surface area contributed by atoms with Gasteiger partial charge in [-0.2, -0.15) is 0 Å². The van der Waals surface area contributed by atoms with Gasteiger partial charge in [0.15, 0.2) is 0 Å². The van der Waals surface area contributed by atoms with Gasteiger partial charge in [-0.25, -0.2) is 0 Å². The molecule has 4 heteroatoms. The molecular formula is C16H24Cl2N2. The number of rotatable bonds is 4. The molecule has 3 unspecified atom stereocenters. The van der Waals surface area contributed by atoms with Crippen molar-refractivity contribution in [2.24, 2.45) is 11.7 Å². The number of benzene rings is 1. The summed E-state index contributed by atoms with van der Waals surface area (Å²) < 4.78 is 0. The third-order valence-electron chi connectivity index (χ3n) is 4.65. The molecule has 2 N–H and O–H groups in total. The van der Waals surface area contributed by atoms with Crippen molar-refractivity contribution in [2.75, 3.05) is 13.1 Å². The molecule has 3 atom stereocenters. The van der Waals surface area contributed by atoms with Crippen LogP contribution >= 0.6 is 23.2 Å². The number of hydrogen-bond acceptors (Lipinski definition) is 2. The molecule has 0 spiro atoms. The van der Waals surface area contributed by atoms with Crippen molar-refractivity contribution >= 4 is 23.2 Å². The Hall–Kier alpha value is -0.280. The third-order valence-corrected chi connectivity index (χ3v) is 5.48. The lowest BCUT2D eigenvalue weighted by Gasteiger charge is -2.42. The first-order valence-corrected chi connectivity index (χ1v) is 8.23. The lowest BCUT2D eigenvalue weighted by Crippen LogP contribution is -2.47. The van der Waals surface area contributed by atoms with E-state index in [1.807, 2.05) is 12.1 Å². The molecule has 1 aliphatic rings. The largest absolute Gasteiger partial charge is 0.329 e. The fraction of sp³-hybridized carbons (Fsp3) is 0.625. The van der Waals surface area contributed by atoms with E-state index in [1.54, 1.807) is 0 Å². The molecule has 1 fully saturated rings. The van der Waals surface area contributed by atoms with Gasteiger partial charge in [0, 0.05) is 18.6 Å². The van der Waals surface area contributed by atoms with Gasteiger partial charge in [0.1, 0.15) is 0 Å². The van der Waals surface area contributed by atoms with Crippen LogP contribution in [0.2, 0.25) is 10.0 Å². The van der Waals surface area contributed by atoms with Crippen molar-refractivity contribution in [3.63, 3.8) is 0 Å². The molecule has 1 heterocycles. The summed E-state index contributed by atoms with van der Waals surface area (Å²) >= 11 is 12.5. The predicted molar refractivity (Wildman–Crippen MR) is 87.4 cm³/mol. The molecule has 112 valence electrons. The SMILES string of the molecule is CCC1CCN(C(C)c2cccc(Cl)c2Cl)C(CN)C1. The van der Waals surface area contributed by atoms with Gasteiger partial charge < -0.3 is 5.73 Å². The van der Waals surface area contributed by atoms with E-state index in [-0.39, 0.29) is 6.04 Å². The zero-order chi connectivity index (χ0) is 14.7. The molecule has 0 aliphatic carbocycles. The van der Waals surface area contributed by atoms with E-state index in [0.29, 0.717) is 22.6 Å². The normalized spacial score (nSPS) is 25.6. The number of likely N-dealkylation sites (tertiary alicyclic amines) is 1. The summed E-state index contributed by atoms with van der Waals surface area (Å²) in [6, 6.07) is 6.57. The number of hydrogen-bond donors (Lipinski definition) is 1. The zero-order valence-electron chi connectivity index (χ0n) is 12.3. The van der Waals surface area contributed by atoms with Crippen LogP contribution in [0.1, 0.15) is 44.7 Å². The molecule has 1 saturated heterocycles. The fourth-order valence-electron chi connectivity index (χ4n) is 3.29. The van der Waals surface area contributed by atoms with Crippen LogP contribution in [0, 0.1) is 5.92 Å². The van der Waals surface area contributed by atoms with Crippen molar-refractivity contribution in [2.45, 2.75) is 45.2 Å². The van der Waals surface area contributed by atoms with Gasteiger partial charge in [0.2, 0.25) is 0 Å². The number of nitrogens with two attached hydrogens (primary N) is 1. The van der Waals surface area contributed by atoms with Crippen molar-refractivity contribution in [1.82, 2.24) is 4.90 Å². The quantitative estimate of drug-likeness (QED) is 0.886. The molecule has 1 aromatic carbocycles. The van der Waals surface area contributed by atoms with Crippen LogP contribution in [0.15, 0.2) is 18.2 Å². The Bertz CT molecular complexity index is 450. The molecule has 0 saturated carbocycles. The van der Waals surface area contributed by atoms with Crippen molar-refractivity contribution in [1.29, 1.82) is 0 Å². The molecular weight excluding hydrogens is 291 g/mol. The van der Waals surface area contributed by atoms with E-state index in [2.05, 4.69) is 24.8 Å². The number of halogens is 2. The van der Waals surface area contributed by atoms with E-state index in [1.165, 1.54) is 19.3 Å². The van der Waals surface area contributed by atoms with Crippen LogP contribution in [0.5, 0.6) is 0 Å². The van der Waals surface area contributed by atoms with Gasteiger partial charge in [0.25, 0.3) is 0 Å². The second kappa shape index (κ2) is 7.13. The molecule has 2 nitrogen and oxygen atoms in total. The molecule has 1 aromatic rings. The summed E-state index contributed by atoms with van der Waals surface area (Å²) in [5.74, 6) is 0.807. The summed E-state index contributed by atoms with van der Waals surface area (Å²) in [4.78, 5) is 2.49. The highest BCUT2D eigenvalue weighted by molar-refractivity contribution is 6.42. The Balaban J connectivity index is 2.19. The summed E-state index contributed by atoms with van der Waals surface area (Å²) in [5.41, 5.74) is 7.10. The highest BCUT2D eigenvalue weighted by Crippen LogP contribution is 2.36. The van der Waals surface area contributed by atoms with Crippen LogP contribution in [-0.4, -0.2) is 24.0 Å². The van der Waals surface area contributed by atoms with E-state index in [0.717, 1.165) is 18.0 Å². The summed E-state index contributed by atoms with van der Waals surface area (Å²) in [6.45, 7) is 6.26. The van der Waals surface area contributed by atoms with Gasteiger partial charge in [-0.15, -0.1) is 0 Å². The first kappa shape index (κ1) is 16.1. The van der Waals surface area contributed by atoms with E-state index in [4.69, 9.17) is 28.9 Å². The van der Waals surface area contributed by atoms with E-state index in [9.17, 15) is 0 Å². The Kier molecular flexibility index (Phi) is 5.74. The summed E-state index contributed by atoms with van der Waals surface area (Å²) in [7, 11) is 0. The summed E-state index contributed by atoms with van der Waals surface area (Å²) in [5, 5.41) is 1.30. The van der Waals surface area contributed by atoms with Gasteiger partial charge in [0.05, 0.1) is 10.0 Å². The Morgan fingerprint density at radius 1 is 1.40 bits per heavy atom. The van der Waals surface area contributed by atoms with Gasteiger partial charge in [-0.3, -0.25) is 4.90 Å². The molecule has 1 aliphatic heterocycles. The highest BCUT2D eigenvalue weighted by atomic mass is 35.5. The first-order valence-electron chi connectivity index (χ1n) is 7.48. The minimum atomic E-state index is 0.257. The fourth-order valence-corrected chi connectivity index (χ4v) is 3.75. The maximum Gasteiger partial charge on any atom is 0.0640 e. The molecule has 0 aromatic heterocycles. The molecule has 0 radical (unpaired) electrons. The lowest BCUT2D eigenvalue weighted by atomic mass is 9.87. The van der Waals surface area contributed by atoms with Crippen LogP contribution in [0.25, 0.3) is 0 Å². The molecule has 0 amide bonds. The van der Waals surface area contributed by atoms with Gasteiger partial charge in [-0.05, 0) is 43.9 Å². The maximum absolute atomic E-state index is 6.36. The second-order valence-electron chi connectivity index (χ2n) is 5.75. The lowest BCUT2D eigenvalue weighted by molar-refractivity contribution is 0.0773. The molecule has 20 heavy (non-hydrogen) atoms. The number of piperidine rings is 1. The van der Waals surface area contributed by atoms with Crippen molar-refractivity contribution in [3.8, 4) is 0 Å². The smallest absolute Gasteiger partial charge is 0.0640 e. The van der Waals surface area contributed by atoms with Crippen molar-refractivity contribution < 1.29 is 0 Å². The standard InChI is InChI=1S/C16H24Cl2N2/c1-3-12-7-8-20(13(9-12)10-19)11(2)14-5-4-6-15(17)16(14)18/h4-6,11-13H,3,7-10,19H2,1-2H3. The average Bonchev–Trinajstić information content (AvgIpc) is 2.48. The average molecular weight is 315 g/mol. The minimum absolute atomic E-state index is 0.257. The van der Waals surface area contributed by atoms with Crippen LogP contribution in [-0.2, 0) is 0 Å². The molecule has 2 rings (SSSR count). The van der Waals surface area contributed by atoms with E-state index >= 15 is 0 Å². The maximum atomic E-state index is 6.36. The Morgan fingerprint density at radius 2 is 2.15 bits per heavy atom. The first-order chi connectivity index (χ1) is 9.58. The minimum Gasteiger partial charge on any atom is -0.329 e. The van der Waals surface area contributed by atoms with E-state index < -0.39 is 0 Å². The Labute approximate surface area is 132 Å². The monoisotopic (exact) mass is 314 g/mol. The van der Waals surface area contributed by atoms with Gasteiger partial charge in [-0.1, -0.05) is 48.7 Å². The number of nitrogens with zero attached hydrogens (tertiary/aromatic N) is 1. The van der Waals surface area contributed by atoms with Crippen LogP contribution < -0.4 is 5.73 Å². The highest BCUT2D eigenvalue weighted by Gasteiger charge is 2.31. The predicted octanol–water partition coefficient (Wildman–Crippen LogP) is 4.50. The Morgan fingerprint density at radius 3 is 2.80 bits per heavy atom. The van der Waals surface area contributed by atoms with Crippen LogP contribution in [0.4, 0.5) is 0 Å². The summed E-state index contributed by atoms with van der Waals surface area (Å²) in [6.07, 6.45) is 3.68. The van der Waals surface area contributed by atoms with Crippen molar-refractivity contribution in [3.05, 3.63) is 33.8 Å². The molecule has 0 bridgehead atoms. The van der Waals surface area contributed by atoms with Gasteiger partial charge >= 0.3 is 0 Å². The van der Waals surface area contributed by atoms with Crippen LogP contribution in [0.3, 0.4) is 0 Å².